The molecular weight excluding hydrogens is 430 g/mol. The van der Waals surface area contributed by atoms with Gasteiger partial charge >= 0.3 is 12.4 Å². The molecule has 0 aliphatic heterocycles. The average molecular weight is 442 g/mol. The SMILES string of the molecule is O=C(Nc1ccc(NC(=O)c2ccco2)cc1C(F)(F)F)c1cccc(C(F)(F)F)c1. The zero-order valence-corrected chi connectivity index (χ0v) is 15.3. The summed E-state index contributed by atoms with van der Waals surface area (Å²) in [7, 11) is 0. The van der Waals surface area contributed by atoms with Crippen molar-refractivity contribution in [2.75, 3.05) is 10.6 Å². The maximum atomic E-state index is 13.5. The van der Waals surface area contributed by atoms with Gasteiger partial charge in [0.05, 0.1) is 23.1 Å². The predicted octanol–water partition coefficient (Wildman–Crippen LogP) is 5.82. The van der Waals surface area contributed by atoms with E-state index in [0.29, 0.717) is 12.1 Å². The van der Waals surface area contributed by atoms with E-state index in [1.807, 2.05) is 5.32 Å². The first kappa shape index (κ1) is 21.9. The summed E-state index contributed by atoms with van der Waals surface area (Å²) in [5, 5.41) is 4.19. The highest BCUT2D eigenvalue weighted by atomic mass is 19.4. The molecule has 0 unspecified atom stereocenters. The van der Waals surface area contributed by atoms with Gasteiger partial charge in [0, 0.05) is 11.3 Å². The lowest BCUT2D eigenvalue weighted by atomic mass is 10.1. The standard InChI is InChI=1S/C20H12F6N2O3/c21-19(22,23)12-4-1-3-11(9-12)17(29)28-15-7-6-13(10-14(15)20(24,25)26)27-18(30)16-5-2-8-31-16/h1-10H,(H,27,30)(H,28,29). The van der Waals surface area contributed by atoms with Crippen LogP contribution in [-0.4, -0.2) is 11.8 Å². The van der Waals surface area contributed by atoms with Crippen LogP contribution in [0, 0.1) is 0 Å². The van der Waals surface area contributed by atoms with Gasteiger partial charge in [-0.3, -0.25) is 9.59 Å². The topological polar surface area (TPSA) is 71.3 Å². The smallest absolute Gasteiger partial charge is 0.418 e. The van der Waals surface area contributed by atoms with Gasteiger partial charge in [0.2, 0.25) is 0 Å². The third-order valence-electron chi connectivity index (χ3n) is 4.03. The number of rotatable bonds is 4. The minimum Gasteiger partial charge on any atom is -0.459 e. The van der Waals surface area contributed by atoms with Gasteiger partial charge in [-0.15, -0.1) is 0 Å². The minimum absolute atomic E-state index is 0.129. The Morgan fingerprint density at radius 3 is 2.13 bits per heavy atom. The Labute approximate surface area is 170 Å². The summed E-state index contributed by atoms with van der Waals surface area (Å²) in [6.45, 7) is 0. The zero-order chi connectivity index (χ0) is 22.8. The number of hydrogen-bond acceptors (Lipinski definition) is 3. The number of benzene rings is 2. The number of carbonyl (C=O) groups is 2. The second kappa shape index (κ2) is 8.17. The molecule has 11 heteroatoms. The van der Waals surface area contributed by atoms with Crippen molar-refractivity contribution in [1.82, 2.24) is 0 Å². The molecule has 1 heterocycles. The van der Waals surface area contributed by atoms with Crippen molar-refractivity contribution < 1.29 is 40.3 Å². The van der Waals surface area contributed by atoms with Gasteiger partial charge in [0.1, 0.15) is 0 Å². The Bertz CT molecular complexity index is 1100. The number of carbonyl (C=O) groups excluding carboxylic acids is 2. The van der Waals surface area contributed by atoms with Crippen LogP contribution in [0.5, 0.6) is 0 Å². The van der Waals surface area contributed by atoms with Gasteiger partial charge in [0.15, 0.2) is 5.76 Å². The fourth-order valence-corrected chi connectivity index (χ4v) is 2.60. The van der Waals surface area contributed by atoms with Gasteiger partial charge in [-0.2, -0.15) is 26.3 Å². The maximum Gasteiger partial charge on any atom is 0.418 e. The third kappa shape index (κ3) is 5.24. The molecule has 3 aromatic rings. The van der Waals surface area contributed by atoms with Crippen LogP contribution in [-0.2, 0) is 12.4 Å². The summed E-state index contributed by atoms with van der Waals surface area (Å²) in [6, 6.07) is 8.55. The normalized spacial score (nSPS) is 11.8. The summed E-state index contributed by atoms with van der Waals surface area (Å²) in [5.74, 6) is -2.08. The van der Waals surface area contributed by atoms with Crippen molar-refractivity contribution in [1.29, 1.82) is 0 Å². The van der Waals surface area contributed by atoms with E-state index in [1.54, 1.807) is 0 Å². The number of hydrogen-bond donors (Lipinski definition) is 2. The molecule has 0 fully saturated rings. The van der Waals surface area contributed by atoms with Crippen LogP contribution in [0.25, 0.3) is 0 Å². The van der Waals surface area contributed by atoms with Crippen LogP contribution < -0.4 is 10.6 Å². The van der Waals surface area contributed by atoms with Crippen molar-refractivity contribution in [3.63, 3.8) is 0 Å². The van der Waals surface area contributed by atoms with Gasteiger partial charge in [-0.05, 0) is 48.5 Å². The van der Waals surface area contributed by atoms with Gasteiger partial charge in [-0.25, -0.2) is 0 Å². The van der Waals surface area contributed by atoms with Crippen molar-refractivity contribution in [3.05, 3.63) is 83.3 Å². The van der Waals surface area contributed by atoms with E-state index in [-0.39, 0.29) is 11.4 Å². The largest absolute Gasteiger partial charge is 0.459 e. The molecule has 2 aromatic carbocycles. The molecule has 5 nitrogen and oxygen atoms in total. The molecule has 0 spiro atoms. The van der Waals surface area contributed by atoms with E-state index < -0.39 is 46.5 Å². The van der Waals surface area contributed by atoms with Gasteiger partial charge < -0.3 is 15.1 Å². The molecule has 1 aromatic heterocycles. The Kier molecular flexibility index (Phi) is 5.78. The van der Waals surface area contributed by atoms with E-state index >= 15 is 0 Å². The van der Waals surface area contributed by atoms with Crippen molar-refractivity contribution in [3.8, 4) is 0 Å². The molecule has 3 rings (SSSR count). The lowest BCUT2D eigenvalue weighted by molar-refractivity contribution is -0.138. The van der Waals surface area contributed by atoms with Crippen LogP contribution in [0.15, 0.2) is 65.3 Å². The molecule has 0 atom stereocenters. The highest BCUT2D eigenvalue weighted by Crippen LogP contribution is 2.37. The molecular formula is C20H12F6N2O3. The van der Waals surface area contributed by atoms with Crippen LogP contribution in [0.1, 0.15) is 32.0 Å². The molecule has 31 heavy (non-hydrogen) atoms. The highest BCUT2D eigenvalue weighted by molar-refractivity contribution is 6.05. The highest BCUT2D eigenvalue weighted by Gasteiger charge is 2.35. The van der Waals surface area contributed by atoms with Crippen LogP contribution in [0.4, 0.5) is 37.7 Å². The summed E-state index contributed by atoms with van der Waals surface area (Å²) in [6.07, 6.45) is -8.44. The molecule has 2 N–H and O–H groups in total. The molecule has 0 aliphatic rings. The minimum atomic E-state index is -4.93. The fraction of sp³-hybridized carbons (Fsp3) is 0.100. The van der Waals surface area contributed by atoms with Crippen molar-refractivity contribution >= 4 is 23.2 Å². The predicted molar refractivity (Wildman–Crippen MR) is 97.5 cm³/mol. The Balaban J connectivity index is 1.87. The number of furan rings is 1. The monoisotopic (exact) mass is 442 g/mol. The fourth-order valence-electron chi connectivity index (χ4n) is 2.60. The number of amides is 2. The van der Waals surface area contributed by atoms with Crippen molar-refractivity contribution in [2.45, 2.75) is 12.4 Å². The summed E-state index contributed by atoms with van der Waals surface area (Å²) in [5.41, 5.74) is -3.81. The maximum absolute atomic E-state index is 13.5. The zero-order valence-electron chi connectivity index (χ0n) is 15.3. The average Bonchev–Trinajstić information content (AvgIpc) is 3.23. The second-order valence-electron chi connectivity index (χ2n) is 6.22. The molecule has 0 radical (unpaired) electrons. The Morgan fingerprint density at radius 2 is 1.52 bits per heavy atom. The third-order valence-corrected chi connectivity index (χ3v) is 4.03. The molecule has 0 saturated heterocycles. The second-order valence-corrected chi connectivity index (χ2v) is 6.22. The first-order chi connectivity index (χ1) is 14.4. The summed E-state index contributed by atoms with van der Waals surface area (Å²) < 4.78 is 83.7. The molecule has 0 aliphatic carbocycles. The number of alkyl halides is 6. The lowest BCUT2D eigenvalue weighted by Crippen LogP contribution is -2.18. The van der Waals surface area contributed by atoms with Crippen LogP contribution in [0.2, 0.25) is 0 Å². The molecule has 0 saturated carbocycles. The van der Waals surface area contributed by atoms with E-state index in [2.05, 4.69) is 5.32 Å². The van der Waals surface area contributed by atoms with E-state index in [9.17, 15) is 35.9 Å². The summed E-state index contributed by atoms with van der Waals surface area (Å²) >= 11 is 0. The van der Waals surface area contributed by atoms with Crippen LogP contribution >= 0.6 is 0 Å². The van der Waals surface area contributed by atoms with E-state index in [4.69, 9.17) is 4.42 Å². The number of anilines is 2. The molecule has 162 valence electrons. The number of halogens is 6. The lowest BCUT2D eigenvalue weighted by Gasteiger charge is -2.16. The van der Waals surface area contributed by atoms with Crippen LogP contribution in [0.3, 0.4) is 0 Å². The van der Waals surface area contributed by atoms with Crippen molar-refractivity contribution in [2.24, 2.45) is 0 Å². The summed E-state index contributed by atoms with van der Waals surface area (Å²) in [4.78, 5) is 24.2. The Morgan fingerprint density at radius 1 is 0.774 bits per heavy atom. The molecule has 0 bridgehead atoms. The molecule has 2 amide bonds. The quantitative estimate of drug-likeness (QED) is 0.500. The Hall–Kier alpha value is -3.76. The van der Waals surface area contributed by atoms with Gasteiger partial charge in [-0.1, -0.05) is 6.07 Å². The van der Waals surface area contributed by atoms with E-state index in [0.717, 1.165) is 30.3 Å². The first-order valence-corrected chi connectivity index (χ1v) is 8.50. The van der Waals surface area contributed by atoms with Gasteiger partial charge in [0.25, 0.3) is 11.8 Å². The number of nitrogens with one attached hydrogen (secondary N) is 2. The van der Waals surface area contributed by atoms with E-state index in [1.165, 1.54) is 18.4 Å². The first-order valence-electron chi connectivity index (χ1n) is 8.50.